The van der Waals surface area contributed by atoms with E-state index in [1.54, 1.807) is 6.08 Å². The van der Waals surface area contributed by atoms with Gasteiger partial charge in [-0.15, -0.1) is 0 Å². The largest absolute Gasteiger partial charge is 0.512 e. The molecule has 0 spiro atoms. The first kappa shape index (κ1) is 7.50. The minimum atomic E-state index is 0.343. The summed E-state index contributed by atoms with van der Waals surface area (Å²) in [6.45, 7) is 0. The summed E-state index contributed by atoms with van der Waals surface area (Å²) >= 11 is 0. The molecule has 0 bridgehead atoms. The van der Waals surface area contributed by atoms with Crippen LogP contribution in [0.4, 0.5) is 0 Å². The lowest BCUT2D eigenvalue weighted by Gasteiger charge is -1.99. The molecule has 68 valence electrons. The zero-order chi connectivity index (χ0) is 9.54. The number of hydrogen-bond donors (Lipinski definition) is 1. The second kappa shape index (κ2) is 2.54. The zero-order valence-corrected chi connectivity index (χ0v) is 7.44. The predicted molar refractivity (Wildman–Crippen MR) is 53.8 cm³/mol. The predicted octanol–water partition coefficient (Wildman–Crippen LogP) is 2.08. The Kier molecular flexibility index (Phi) is 1.36. The molecule has 14 heavy (non-hydrogen) atoms. The van der Waals surface area contributed by atoms with Gasteiger partial charge in [-0.3, -0.25) is 0 Å². The summed E-state index contributed by atoms with van der Waals surface area (Å²) in [5.41, 5.74) is 3.41. The minimum Gasteiger partial charge on any atom is -0.512 e. The molecule has 1 N–H and O–H groups in total. The van der Waals surface area contributed by atoms with Gasteiger partial charge in [0.2, 0.25) is 0 Å². The monoisotopic (exact) mass is 184 g/mol. The topological polar surface area (TPSA) is 46.0 Å². The average molecular weight is 184 g/mol. The van der Waals surface area contributed by atoms with Crippen molar-refractivity contribution in [3.63, 3.8) is 0 Å². The highest BCUT2D eigenvalue weighted by Gasteiger charge is 2.15. The number of nitrogens with zero attached hydrogens (tertiary/aromatic N) is 2. The van der Waals surface area contributed by atoms with Crippen LogP contribution in [0.5, 0.6) is 0 Å². The van der Waals surface area contributed by atoms with Gasteiger partial charge in [-0.05, 0) is 12.1 Å². The van der Waals surface area contributed by atoms with Crippen LogP contribution < -0.4 is 0 Å². The van der Waals surface area contributed by atoms with Gasteiger partial charge in [0.1, 0.15) is 5.76 Å². The first-order valence-corrected chi connectivity index (χ1v) is 4.48. The normalized spacial score (nSPS) is 14.1. The number of rotatable bonds is 0. The molecule has 2 aromatic rings. The van der Waals surface area contributed by atoms with Crippen molar-refractivity contribution in [1.82, 2.24) is 9.97 Å². The molecule has 0 radical (unpaired) electrons. The van der Waals surface area contributed by atoms with Gasteiger partial charge in [0.15, 0.2) is 0 Å². The van der Waals surface area contributed by atoms with Gasteiger partial charge in [0.05, 0.1) is 22.4 Å². The van der Waals surface area contributed by atoms with E-state index in [1.165, 1.54) is 0 Å². The quantitative estimate of drug-likeness (QED) is 0.681. The molecule has 1 aromatic carbocycles. The van der Waals surface area contributed by atoms with Gasteiger partial charge in [0, 0.05) is 12.5 Å². The van der Waals surface area contributed by atoms with E-state index < -0.39 is 0 Å². The maximum Gasteiger partial charge on any atom is 0.100 e. The maximum atomic E-state index is 9.34. The van der Waals surface area contributed by atoms with Gasteiger partial charge in [0.25, 0.3) is 0 Å². The summed E-state index contributed by atoms with van der Waals surface area (Å²) in [5.74, 6) is 0.343. The SMILES string of the molecule is OC1=Cc2nc3ccccc3nc2C1. The van der Waals surface area contributed by atoms with Crippen LogP contribution in [-0.2, 0) is 6.42 Å². The number of allylic oxidation sites excluding steroid dienone is 1. The standard InChI is InChI=1S/C11H8N2O/c14-7-5-10-11(6-7)13-9-4-2-1-3-8(9)12-10/h1-5,14H,6H2. The van der Waals surface area contributed by atoms with Crippen molar-refractivity contribution in [2.24, 2.45) is 0 Å². The molecule has 0 atom stereocenters. The van der Waals surface area contributed by atoms with Gasteiger partial charge >= 0.3 is 0 Å². The van der Waals surface area contributed by atoms with E-state index in [4.69, 9.17) is 0 Å². The lowest BCUT2D eigenvalue weighted by molar-refractivity contribution is 0.407. The summed E-state index contributed by atoms with van der Waals surface area (Å²) in [7, 11) is 0. The van der Waals surface area contributed by atoms with E-state index in [0.29, 0.717) is 12.2 Å². The lowest BCUT2D eigenvalue weighted by atomic mass is 10.2. The molecule has 3 nitrogen and oxygen atoms in total. The summed E-state index contributed by atoms with van der Waals surface area (Å²) in [4.78, 5) is 8.84. The van der Waals surface area contributed by atoms with Crippen molar-refractivity contribution in [3.8, 4) is 0 Å². The molecular formula is C11H8N2O. The summed E-state index contributed by atoms with van der Waals surface area (Å²) in [6.07, 6.45) is 2.18. The Labute approximate surface area is 80.7 Å². The summed E-state index contributed by atoms with van der Waals surface area (Å²) in [5, 5.41) is 9.34. The Hall–Kier alpha value is -1.90. The average Bonchev–Trinajstić information content (AvgIpc) is 2.53. The third kappa shape index (κ3) is 0.988. The van der Waals surface area contributed by atoms with Crippen LogP contribution in [0, 0.1) is 0 Å². The Balaban J connectivity index is 2.33. The molecule has 0 unspecified atom stereocenters. The number of hydrogen-bond acceptors (Lipinski definition) is 3. The highest BCUT2D eigenvalue weighted by Crippen LogP contribution is 2.22. The Morgan fingerprint density at radius 1 is 1.07 bits per heavy atom. The van der Waals surface area contributed by atoms with Gasteiger partial charge in [-0.1, -0.05) is 12.1 Å². The van der Waals surface area contributed by atoms with E-state index in [9.17, 15) is 5.11 Å². The number of aliphatic hydroxyl groups excluding tert-OH is 1. The third-order valence-electron chi connectivity index (χ3n) is 2.33. The second-order valence-electron chi connectivity index (χ2n) is 3.36. The van der Waals surface area contributed by atoms with Gasteiger partial charge < -0.3 is 5.11 Å². The fourth-order valence-electron chi connectivity index (χ4n) is 1.68. The van der Waals surface area contributed by atoms with Crippen molar-refractivity contribution >= 4 is 17.1 Å². The van der Waals surface area contributed by atoms with E-state index in [2.05, 4.69) is 9.97 Å². The summed E-state index contributed by atoms with van der Waals surface area (Å²) in [6, 6.07) is 7.72. The molecule has 0 aliphatic heterocycles. The molecule has 0 amide bonds. The van der Waals surface area contributed by atoms with Crippen LogP contribution in [0.15, 0.2) is 30.0 Å². The van der Waals surface area contributed by atoms with Crippen LogP contribution in [0.2, 0.25) is 0 Å². The fraction of sp³-hybridized carbons (Fsp3) is 0.0909. The van der Waals surface area contributed by atoms with Crippen LogP contribution in [0.25, 0.3) is 17.1 Å². The first-order chi connectivity index (χ1) is 6.83. The van der Waals surface area contributed by atoms with E-state index >= 15 is 0 Å². The van der Waals surface area contributed by atoms with Crippen LogP contribution >= 0.6 is 0 Å². The molecule has 1 aliphatic carbocycles. The number of aromatic nitrogens is 2. The van der Waals surface area contributed by atoms with Crippen LogP contribution in [0.3, 0.4) is 0 Å². The molecular weight excluding hydrogens is 176 g/mol. The molecule has 3 heteroatoms. The van der Waals surface area contributed by atoms with Crippen molar-refractivity contribution in [2.45, 2.75) is 6.42 Å². The maximum absolute atomic E-state index is 9.34. The molecule has 1 aliphatic rings. The van der Waals surface area contributed by atoms with Crippen LogP contribution in [0.1, 0.15) is 11.4 Å². The lowest BCUT2D eigenvalue weighted by Crippen LogP contribution is -1.93. The molecule has 3 rings (SSSR count). The van der Waals surface area contributed by atoms with Crippen molar-refractivity contribution in [1.29, 1.82) is 0 Å². The first-order valence-electron chi connectivity index (χ1n) is 4.48. The number of benzene rings is 1. The van der Waals surface area contributed by atoms with E-state index in [-0.39, 0.29) is 0 Å². The Morgan fingerprint density at radius 3 is 2.57 bits per heavy atom. The molecule has 0 saturated carbocycles. The summed E-state index contributed by atoms with van der Waals surface area (Å²) < 4.78 is 0. The van der Waals surface area contributed by atoms with Crippen molar-refractivity contribution in [3.05, 3.63) is 41.4 Å². The second-order valence-corrected chi connectivity index (χ2v) is 3.36. The Bertz CT molecular complexity index is 546. The molecule has 1 aromatic heterocycles. The number of fused-ring (bicyclic) bond motifs is 2. The number of para-hydroxylation sites is 2. The smallest absolute Gasteiger partial charge is 0.100 e. The fourth-order valence-corrected chi connectivity index (χ4v) is 1.68. The number of aliphatic hydroxyl groups is 1. The van der Waals surface area contributed by atoms with Crippen molar-refractivity contribution in [2.75, 3.05) is 0 Å². The third-order valence-corrected chi connectivity index (χ3v) is 2.33. The highest BCUT2D eigenvalue weighted by atomic mass is 16.3. The van der Waals surface area contributed by atoms with E-state index in [1.807, 2.05) is 24.3 Å². The van der Waals surface area contributed by atoms with E-state index in [0.717, 1.165) is 22.4 Å². The van der Waals surface area contributed by atoms with Gasteiger partial charge in [-0.25, -0.2) is 9.97 Å². The van der Waals surface area contributed by atoms with Crippen LogP contribution in [-0.4, -0.2) is 15.1 Å². The van der Waals surface area contributed by atoms with Crippen molar-refractivity contribution < 1.29 is 5.11 Å². The Morgan fingerprint density at radius 2 is 1.79 bits per heavy atom. The zero-order valence-electron chi connectivity index (χ0n) is 7.44. The van der Waals surface area contributed by atoms with Gasteiger partial charge in [-0.2, -0.15) is 0 Å². The molecule has 1 heterocycles. The minimum absolute atomic E-state index is 0.343. The molecule has 0 saturated heterocycles. The highest BCUT2D eigenvalue weighted by molar-refractivity contribution is 5.76. The molecule has 0 fully saturated rings.